The van der Waals surface area contributed by atoms with Crippen LogP contribution in [0.15, 0.2) is 6.20 Å². The van der Waals surface area contributed by atoms with Gasteiger partial charge in [0.2, 0.25) is 11.1 Å². The average Bonchev–Trinajstić information content (AvgIpc) is 2.04. The normalized spacial score (nSPS) is 9.69. The molecule has 0 aliphatic carbocycles. The van der Waals surface area contributed by atoms with E-state index in [4.69, 9.17) is 11.6 Å². The lowest BCUT2D eigenvalue weighted by Gasteiger charge is -2.00. The molecule has 0 amide bonds. The van der Waals surface area contributed by atoms with Crippen molar-refractivity contribution >= 4 is 23.2 Å². The Kier molecular flexibility index (Phi) is 2.97. The van der Waals surface area contributed by atoms with Gasteiger partial charge in [-0.2, -0.15) is 4.98 Å². The summed E-state index contributed by atoms with van der Waals surface area (Å²) in [7, 11) is 0. The lowest BCUT2D eigenvalue weighted by Crippen LogP contribution is -2.03. The first kappa shape index (κ1) is 9.66. The summed E-state index contributed by atoms with van der Waals surface area (Å²) in [5.41, 5.74) is -0.289. The Labute approximate surface area is 79.1 Å². The fraction of sp³-hybridized carbons (Fsp3) is 0.333. The Hall–Kier alpha value is -1.43. The highest BCUT2D eigenvalue weighted by Crippen LogP contribution is 2.20. The van der Waals surface area contributed by atoms with Crippen molar-refractivity contribution in [2.45, 2.75) is 6.92 Å². The molecule has 0 atom stereocenters. The minimum absolute atomic E-state index is 0.157. The lowest BCUT2D eigenvalue weighted by atomic mass is 10.5. The van der Waals surface area contributed by atoms with Crippen molar-refractivity contribution in [3.8, 4) is 0 Å². The van der Waals surface area contributed by atoms with E-state index in [0.29, 0.717) is 6.54 Å². The molecule has 6 nitrogen and oxygen atoms in total. The summed E-state index contributed by atoms with van der Waals surface area (Å²) in [4.78, 5) is 17.1. The van der Waals surface area contributed by atoms with Crippen LogP contribution in [0.5, 0.6) is 0 Å². The van der Waals surface area contributed by atoms with Crippen molar-refractivity contribution < 1.29 is 4.92 Å². The van der Waals surface area contributed by atoms with Gasteiger partial charge in [0.25, 0.3) is 0 Å². The largest absolute Gasteiger partial charge is 0.354 e. The molecule has 0 saturated heterocycles. The SMILES string of the molecule is CCNc1ncc([N+](=O)[O-])c(Cl)n1. The summed E-state index contributed by atoms with van der Waals surface area (Å²) in [6.45, 7) is 2.49. The van der Waals surface area contributed by atoms with E-state index in [9.17, 15) is 10.1 Å². The second-order valence-corrected chi connectivity index (χ2v) is 2.52. The maximum Gasteiger partial charge on any atom is 0.324 e. The molecule has 70 valence electrons. The molecule has 0 saturated carbocycles. The molecule has 1 heterocycles. The minimum atomic E-state index is -0.627. The van der Waals surface area contributed by atoms with Crippen molar-refractivity contribution in [3.05, 3.63) is 21.5 Å². The van der Waals surface area contributed by atoms with Crippen LogP contribution in [-0.2, 0) is 0 Å². The predicted octanol–water partition coefficient (Wildman–Crippen LogP) is 1.47. The Balaban J connectivity index is 2.98. The van der Waals surface area contributed by atoms with Crippen molar-refractivity contribution in [1.29, 1.82) is 0 Å². The molecule has 0 fully saturated rings. The summed E-state index contributed by atoms with van der Waals surface area (Å²) >= 11 is 5.53. The van der Waals surface area contributed by atoms with Gasteiger partial charge in [0.1, 0.15) is 6.20 Å². The summed E-state index contributed by atoms with van der Waals surface area (Å²) in [6.07, 6.45) is 1.08. The molecule has 0 unspecified atom stereocenters. The molecular weight excluding hydrogens is 196 g/mol. The summed E-state index contributed by atoms with van der Waals surface area (Å²) in [5, 5.41) is 12.9. The molecule has 1 aromatic heterocycles. The first-order chi connectivity index (χ1) is 6.15. The van der Waals surface area contributed by atoms with Gasteiger partial charge >= 0.3 is 5.69 Å². The van der Waals surface area contributed by atoms with Gasteiger partial charge < -0.3 is 5.32 Å². The Morgan fingerprint density at radius 3 is 2.92 bits per heavy atom. The van der Waals surface area contributed by atoms with Gasteiger partial charge in [-0.05, 0) is 6.92 Å². The molecule has 1 rings (SSSR count). The van der Waals surface area contributed by atoms with Crippen LogP contribution < -0.4 is 5.32 Å². The summed E-state index contributed by atoms with van der Waals surface area (Å²) in [6, 6.07) is 0. The molecule has 0 spiro atoms. The van der Waals surface area contributed by atoms with Crippen LogP contribution in [0, 0.1) is 10.1 Å². The molecule has 0 aliphatic heterocycles. The number of anilines is 1. The maximum atomic E-state index is 10.3. The van der Waals surface area contributed by atoms with Crippen molar-refractivity contribution in [1.82, 2.24) is 9.97 Å². The van der Waals surface area contributed by atoms with Crippen LogP contribution in [0.1, 0.15) is 6.92 Å². The fourth-order valence-corrected chi connectivity index (χ4v) is 0.918. The van der Waals surface area contributed by atoms with E-state index >= 15 is 0 Å². The van der Waals surface area contributed by atoms with Crippen LogP contribution in [0.2, 0.25) is 5.15 Å². The number of nitro groups is 1. The van der Waals surface area contributed by atoms with E-state index in [-0.39, 0.29) is 16.8 Å². The number of hydrogen-bond donors (Lipinski definition) is 1. The van der Waals surface area contributed by atoms with Crippen LogP contribution in [0.25, 0.3) is 0 Å². The quantitative estimate of drug-likeness (QED) is 0.456. The van der Waals surface area contributed by atoms with Crippen molar-refractivity contribution in [2.24, 2.45) is 0 Å². The van der Waals surface area contributed by atoms with Crippen LogP contribution in [0.4, 0.5) is 11.6 Å². The molecule has 0 aliphatic rings. The zero-order chi connectivity index (χ0) is 9.84. The second kappa shape index (κ2) is 3.99. The van der Waals surface area contributed by atoms with Gasteiger partial charge in [-0.1, -0.05) is 11.6 Å². The van der Waals surface area contributed by atoms with E-state index < -0.39 is 4.92 Å². The van der Waals surface area contributed by atoms with Gasteiger partial charge in [-0.25, -0.2) is 4.98 Å². The Bertz CT molecular complexity index is 330. The van der Waals surface area contributed by atoms with E-state index in [1.807, 2.05) is 6.92 Å². The molecule has 7 heteroatoms. The third-order valence-electron chi connectivity index (χ3n) is 1.26. The van der Waals surface area contributed by atoms with Crippen LogP contribution >= 0.6 is 11.6 Å². The third kappa shape index (κ3) is 2.25. The minimum Gasteiger partial charge on any atom is -0.354 e. The number of rotatable bonds is 3. The highest BCUT2D eigenvalue weighted by Gasteiger charge is 2.14. The number of halogens is 1. The van der Waals surface area contributed by atoms with Gasteiger partial charge in [-0.3, -0.25) is 10.1 Å². The Morgan fingerprint density at radius 1 is 1.77 bits per heavy atom. The van der Waals surface area contributed by atoms with Crippen LogP contribution in [0.3, 0.4) is 0 Å². The van der Waals surface area contributed by atoms with Gasteiger partial charge in [-0.15, -0.1) is 0 Å². The Morgan fingerprint density at radius 2 is 2.46 bits per heavy atom. The molecule has 0 radical (unpaired) electrons. The predicted molar refractivity (Wildman–Crippen MR) is 47.9 cm³/mol. The smallest absolute Gasteiger partial charge is 0.324 e. The maximum absolute atomic E-state index is 10.3. The van der Waals surface area contributed by atoms with Gasteiger partial charge in [0, 0.05) is 6.54 Å². The van der Waals surface area contributed by atoms with Gasteiger partial charge in [0.15, 0.2) is 0 Å². The van der Waals surface area contributed by atoms with E-state index in [1.54, 1.807) is 0 Å². The molecule has 0 aromatic carbocycles. The third-order valence-corrected chi connectivity index (χ3v) is 1.53. The van der Waals surface area contributed by atoms with E-state index in [0.717, 1.165) is 6.20 Å². The topological polar surface area (TPSA) is 81.0 Å². The van der Waals surface area contributed by atoms with Crippen LogP contribution in [-0.4, -0.2) is 21.4 Å². The highest BCUT2D eigenvalue weighted by molar-refractivity contribution is 6.31. The summed E-state index contributed by atoms with van der Waals surface area (Å²) in [5.74, 6) is 0.290. The second-order valence-electron chi connectivity index (χ2n) is 2.16. The number of hydrogen-bond acceptors (Lipinski definition) is 5. The van der Waals surface area contributed by atoms with Gasteiger partial charge in [0.05, 0.1) is 4.92 Å². The highest BCUT2D eigenvalue weighted by atomic mass is 35.5. The molecule has 1 aromatic rings. The zero-order valence-electron chi connectivity index (χ0n) is 6.82. The molecule has 1 N–H and O–H groups in total. The number of nitrogens with zero attached hydrogens (tertiary/aromatic N) is 3. The van der Waals surface area contributed by atoms with Crippen molar-refractivity contribution in [2.75, 3.05) is 11.9 Å². The first-order valence-corrected chi connectivity index (χ1v) is 3.93. The fourth-order valence-electron chi connectivity index (χ4n) is 0.720. The number of aromatic nitrogens is 2. The first-order valence-electron chi connectivity index (χ1n) is 3.56. The standard InChI is InChI=1S/C6H7ClN4O2/c1-2-8-6-9-3-4(11(12)13)5(7)10-6/h3H,2H2,1H3,(H,8,9,10). The monoisotopic (exact) mass is 202 g/mol. The molecule has 13 heavy (non-hydrogen) atoms. The number of nitrogens with one attached hydrogen (secondary N) is 1. The molecule has 0 bridgehead atoms. The molecular formula is C6H7ClN4O2. The average molecular weight is 203 g/mol. The zero-order valence-corrected chi connectivity index (χ0v) is 7.58. The van der Waals surface area contributed by atoms with E-state index in [2.05, 4.69) is 15.3 Å². The van der Waals surface area contributed by atoms with Crippen molar-refractivity contribution in [3.63, 3.8) is 0 Å². The van der Waals surface area contributed by atoms with E-state index in [1.165, 1.54) is 0 Å². The lowest BCUT2D eigenvalue weighted by molar-refractivity contribution is -0.385. The summed E-state index contributed by atoms with van der Waals surface area (Å²) < 4.78 is 0.